The van der Waals surface area contributed by atoms with Gasteiger partial charge in [0, 0.05) is 25.3 Å². The monoisotopic (exact) mass is 319 g/mol. The highest BCUT2D eigenvalue weighted by Crippen LogP contribution is 2.21. The zero-order chi connectivity index (χ0) is 13.1. The molecule has 1 aromatic heterocycles. The number of aliphatic hydroxyl groups excluding tert-OH is 1. The third kappa shape index (κ3) is 4.27. The van der Waals surface area contributed by atoms with Crippen LogP contribution in [-0.4, -0.2) is 21.3 Å². The smallest absolute Gasteiger partial charge is 0.110 e. The van der Waals surface area contributed by atoms with Gasteiger partial charge in [-0.1, -0.05) is 13.8 Å². The third-order valence-corrected chi connectivity index (χ3v) is 2.98. The van der Waals surface area contributed by atoms with E-state index in [1.807, 2.05) is 18.2 Å². The molecule has 0 radical (unpaired) electrons. The molecule has 1 heterocycles. The Morgan fingerprint density at radius 2 is 2.00 bits per heavy atom. The van der Waals surface area contributed by atoms with E-state index >= 15 is 0 Å². The summed E-state index contributed by atoms with van der Waals surface area (Å²) < 4.78 is 2.20. The number of nitrogens with two attached hydrogens (primary N) is 1. The SMILES string of the molecule is CC(C)Cc1nc2cc(N)ccc2n1CCCO.Cl.Cl. The number of nitrogens with zero attached hydrogens (tertiary/aromatic N) is 2. The number of anilines is 1. The first-order valence-corrected chi connectivity index (χ1v) is 6.47. The van der Waals surface area contributed by atoms with Crippen molar-refractivity contribution in [3.05, 3.63) is 24.0 Å². The minimum Gasteiger partial charge on any atom is -0.399 e. The Kier molecular flexibility index (Phi) is 7.94. The van der Waals surface area contributed by atoms with Crippen molar-refractivity contribution in [2.75, 3.05) is 12.3 Å². The van der Waals surface area contributed by atoms with Crippen LogP contribution in [0.2, 0.25) is 0 Å². The molecule has 3 N–H and O–H groups in total. The maximum atomic E-state index is 9.00. The molecule has 0 aliphatic carbocycles. The lowest BCUT2D eigenvalue weighted by molar-refractivity contribution is 0.279. The number of rotatable bonds is 5. The van der Waals surface area contributed by atoms with Crippen LogP contribution in [0.1, 0.15) is 26.1 Å². The highest BCUT2D eigenvalue weighted by Gasteiger charge is 2.11. The van der Waals surface area contributed by atoms with E-state index in [1.54, 1.807) is 0 Å². The van der Waals surface area contributed by atoms with E-state index < -0.39 is 0 Å². The highest BCUT2D eigenvalue weighted by molar-refractivity contribution is 5.85. The van der Waals surface area contributed by atoms with Gasteiger partial charge in [-0.3, -0.25) is 0 Å². The number of benzene rings is 1. The number of fused-ring (bicyclic) bond motifs is 1. The Morgan fingerprint density at radius 1 is 1.30 bits per heavy atom. The molecule has 0 aliphatic rings. The van der Waals surface area contributed by atoms with Crippen molar-refractivity contribution in [1.82, 2.24) is 9.55 Å². The van der Waals surface area contributed by atoms with Crippen molar-refractivity contribution in [1.29, 1.82) is 0 Å². The number of aromatic nitrogens is 2. The molecule has 1 aromatic carbocycles. The van der Waals surface area contributed by atoms with Crippen LogP contribution >= 0.6 is 24.8 Å². The third-order valence-electron chi connectivity index (χ3n) is 2.98. The van der Waals surface area contributed by atoms with E-state index in [1.165, 1.54) is 0 Å². The van der Waals surface area contributed by atoms with Crippen molar-refractivity contribution < 1.29 is 5.11 Å². The number of aryl methyl sites for hydroxylation is 1. The minimum atomic E-state index is 0. The van der Waals surface area contributed by atoms with Gasteiger partial charge in [0.05, 0.1) is 11.0 Å². The molecule has 114 valence electrons. The first-order chi connectivity index (χ1) is 8.61. The second-order valence-electron chi connectivity index (χ2n) is 5.10. The summed E-state index contributed by atoms with van der Waals surface area (Å²) in [6.07, 6.45) is 1.70. The van der Waals surface area contributed by atoms with Crippen molar-refractivity contribution in [2.24, 2.45) is 5.92 Å². The van der Waals surface area contributed by atoms with Gasteiger partial charge in [0.25, 0.3) is 0 Å². The van der Waals surface area contributed by atoms with Crippen LogP contribution in [0.3, 0.4) is 0 Å². The molecule has 2 rings (SSSR count). The quantitative estimate of drug-likeness (QED) is 0.832. The molecule has 0 bridgehead atoms. The second kappa shape index (κ2) is 8.35. The van der Waals surface area contributed by atoms with Crippen LogP contribution in [-0.2, 0) is 13.0 Å². The first kappa shape index (κ1) is 19.0. The summed E-state index contributed by atoms with van der Waals surface area (Å²) in [5, 5.41) is 9.00. The van der Waals surface area contributed by atoms with Gasteiger partial charge in [0.15, 0.2) is 0 Å². The van der Waals surface area contributed by atoms with Crippen LogP contribution in [0.5, 0.6) is 0 Å². The summed E-state index contributed by atoms with van der Waals surface area (Å²) in [5.41, 5.74) is 8.59. The Balaban J connectivity index is 0.00000180. The number of nitrogen functional groups attached to an aromatic ring is 1. The Morgan fingerprint density at radius 3 is 2.60 bits per heavy atom. The number of imidazole rings is 1. The Bertz CT molecular complexity index is 540. The zero-order valence-electron chi connectivity index (χ0n) is 11.9. The molecule has 0 unspecified atom stereocenters. The molecule has 0 spiro atoms. The van der Waals surface area contributed by atoms with Crippen molar-refractivity contribution >= 4 is 41.5 Å². The van der Waals surface area contributed by atoms with Gasteiger partial charge in [0.1, 0.15) is 5.82 Å². The average molecular weight is 320 g/mol. The Labute approximate surface area is 132 Å². The standard InChI is InChI=1S/C14H21N3O.2ClH/c1-10(2)8-14-16-12-9-11(15)4-5-13(12)17(14)6-3-7-18;;/h4-5,9-10,18H,3,6-8,15H2,1-2H3;2*1H. The Hall–Kier alpha value is -0.970. The summed E-state index contributed by atoms with van der Waals surface area (Å²) in [6.45, 7) is 5.38. The van der Waals surface area contributed by atoms with Gasteiger partial charge >= 0.3 is 0 Å². The lowest BCUT2D eigenvalue weighted by Gasteiger charge is -2.09. The fraction of sp³-hybridized carbons (Fsp3) is 0.500. The lowest BCUT2D eigenvalue weighted by atomic mass is 10.1. The largest absolute Gasteiger partial charge is 0.399 e. The number of hydrogen-bond acceptors (Lipinski definition) is 3. The van der Waals surface area contributed by atoms with E-state index in [2.05, 4.69) is 23.4 Å². The molecule has 0 fully saturated rings. The number of hydrogen-bond donors (Lipinski definition) is 2. The molecule has 2 aromatic rings. The van der Waals surface area contributed by atoms with Crippen LogP contribution in [0.15, 0.2) is 18.2 Å². The molecule has 4 nitrogen and oxygen atoms in total. The maximum Gasteiger partial charge on any atom is 0.110 e. The van der Waals surface area contributed by atoms with Gasteiger partial charge in [-0.15, -0.1) is 24.8 Å². The topological polar surface area (TPSA) is 64.1 Å². The summed E-state index contributed by atoms with van der Waals surface area (Å²) in [6, 6.07) is 5.83. The molecule has 0 amide bonds. The van der Waals surface area contributed by atoms with Crippen molar-refractivity contribution in [3.63, 3.8) is 0 Å². The van der Waals surface area contributed by atoms with Gasteiger partial charge in [-0.05, 0) is 30.5 Å². The van der Waals surface area contributed by atoms with E-state index in [0.717, 1.165) is 41.9 Å². The number of halogens is 2. The summed E-state index contributed by atoms with van der Waals surface area (Å²) in [7, 11) is 0. The van der Waals surface area contributed by atoms with Gasteiger partial charge in [-0.2, -0.15) is 0 Å². The van der Waals surface area contributed by atoms with E-state index in [4.69, 9.17) is 10.8 Å². The van der Waals surface area contributed by atoms with Crippen LogP contribution in [0, 0.1) is 5.92 Å². The van der Waals surface area contributed by atoms with Crippen LogP contribution in [0.4, 0.5) is 5.69 Å². The molecule has 6 heteroatoms. The highest BCUT2D eigenvalue weighted by atomic mass is 35.5. The predicted octanol–water partition coefficient (Wildman–Crippen LogP) is 3.04. The van der Waals surface area contributed by atoms with Gasteiger partial charge in [-0.25, -0.2) is 4.98 Å². The molecule has 0 aliphatic heterocycles. The lowest BCUT2D eigenvalue weighted by Crippen LogP contribution is -2.08. The predicted molar refractivity (Wildman–Crippen MR) is 88.9 cm³/mol. The summed E-state index contributed by atoms with van der Waals surface area (Å²) >= 11 is 0. The minimum absolute atomic E-state index is 0. The summed E-state index contributed by atoms with van der Waals surface area (Å²) in [5.74, 6) is 1.64. The average Bonchev–Trinajstić information content (AvgIpc) is 2.62. The molecule has 0 saturated heterocycles. The van der Waals surface area contributed by atoms with Gasteiger partial charge in [0.2, 0.25) is 0 Å². The van der Waals surface area contributed by atoms with Crippen LogP contribution in [0.25, 0.3) is 11.0 Å². The fourth-order valence-electron chi connectivity index (χ4n) is 2.20. The second-order valence-corrected chi connectivity index (χ2v) is 5.10. The molecule has 0 atom stereocenters. The fourth-order valence-corrected chi connectivity index (χ4v) is 2.20. The number of aliphatic hydroxyl groups is 1. The van der Waals surface area contributed by atoms with Gasteiger partial charge < -0.3 is 15.4 Å². The van der Waals surface area contributed by atoms with Crippen LogP contribution < -0.4 is 5.73 Å². The maximum absolute atomic E-state index is 9.00. The van der Waals surface area contributed by atoms with E-state index in [-0.39, 0.29) is 31.4 Å². The van der Waals surface area contributed by atoms with E-state index in [9.17, 15) is 0 Å². The van der Waals surface area contributed by atoms with E-state index in [0.29, 0.717) is 5.92 Å². The molecular weight excluding hydrogens is 297 g/mol. The summed E-state index contributed by atoms with van der Waals surface area (Å²) in [4.78, 5) is 4.67. The van der Waals surface area contributed by atoms with Crippen molar-refractivity contribution in [2.45, 2.75) is 33.2 Å². The van der Waals surface area contributed by atoms with Crippen molar-refractivity contribution in [3.8, 4) is 0 Å². The molecule has 20 heavy (non-hydrogen) atoms. The first-order valence-electron chi connectivity index (χ1n) is 6.47. The molecule has 0 saturated carbocycles. The normalized spacial score (nSPS) is 10.4. The zero-order valence-corrected chi connectivity index (χ0v) is 13.5. The molecular formula is C14H23Cl2N3O.